The van der Waals surface area contributed by atoms with Gasteiger partial charge in [0, 0.05) is 6.07 Å². The van der Waals surface area contributed by atoms with Crippen molar-refractivity contribution in [2.24, 2.45) is 5.92 Å². The SMILES string of the molecule is O=C(O)c1cc(CNCC2CCC(O)C2)on1. The fourth-order valence-electron chi connectivity index (χ4n) is 2.13. The molecule has 94 valence electrons. The zero-order chi connectivity index (χ0) is 12.3. The van der Waals surface area contributed by atoms with E-state index in [1.165, 1.54) is 6.07 Å². The lowest BCUT2D eigenvalue weighted by Crippen LogP contribution is -2.21. The Labute approximate surface area is 98.6 Å². The number of carboxylic acids is 1. The predicted molar refractivity (Wildman–Crippen MR) is 58.5 cm³/mol. The fourth-order valence-corrected chi connectivity index (χ4v) is 2.13. The van der Waals surface area contributed by atoms with Gasteiger partial charge in [0.2, 0.25) is 0 Å². The van der Waals surface area contributed by atoms with E-state index in [1.54, 1.807) is 0 Å². The van der Waals surface area contributed by atoms with E-state index in [0.29, 0.717) is 18.2 Å². The van der Waals surface area contributed by atoms with Gasteiger partial charge < -0.3 is 20.1 Å². The van der Waals surface area contributed by atoms with E-state index in [0.717, 1.165) is 25.8 Å². The lowest BCUT2D eigenvalue weighted by Gasteiger charge is -2.08. The van der Waals surface area contributed by atoms with Crippen LogP contribution in [-0.4, -0.2) is 34.0 Å². The molecule has 1 aromatic heterocycles. The minimum atomic E-state index is -1.08. The van der Waals surface area contributed by atoms with Gasteiger partial charge in [0.05, 0.1) is 12.6 Å². The molecule has 0 spiro atoms. The molecule has 2 unspecified atom stereocenters. The number of carbonyl (C=O) groups is 1. The Kier molecular flexibility index (Phi) is 3.75. The van der Waals surface area contributed by atoms with Crippen LogP contribution in [-0.2, 0) is 6.54 Å². The average molecular weight is 240 g/mol. The normalized spacial score (nSPS) is 24.1. The second-order valence-electron chi connectivity index (χ2n) is 4.45. The zero-order valence-electron chi connectivity index (χ0n) is 9.43. The van der Waals surface area contributed by atoms with Gasteiger partial charge in [-0.05, 0) is 31.7 Å². The third-order valence-corrected chi connectivity index (χ3v) is 3.02. The number of rotatable bonds is 5. The molecule has 1 fully saturated rings. The second-order valence-corrected chi connectivity index (χ2v) is 4.45. The van der Waals surface area contributed by atoms with E-state index in [9.17, 15) is 9.90 Å². The van der Waals surface area contributed by atoms with Crippen LogP contribution in [0.3, 0.4) is 0 Å². The molecular formula is C11H16N2O4. The van der Waals surface area contributed by atoms with Crippen LogP contribution in [0, 0.1) is 5.92 Å². The molecule has 1 aliphatic rings. The second kappa shape index (κ2) is 5.29. The summed E-state index contributed by atoms with van der Waals surface area (Å²) in [6.45, 7) is 1.27. The summed E-state index contributed by atoms with van der Waals surface area (Å²) in [6.07, 6.45) is 2.58. The number of hydrogen-bond acceptors (Lipinski definition) is 5. The van der Waals surface area contributed by atoms with Crippen molar-refractivity contribution in [3.05, 3.63) is 17.5 Å². The van der Waals surface area contributed by atoms with Crippen molar-refractivity contribution in [2.45, 2.75) is 31.9 Å². The molecule has 0 radical (unpaired) electrons. The van der Waals surface area contributed by atoms with Gasteiger partial charge in [-0.15, -0.1) is 0 Å². The lowest BCUT2D eigenvalue weighted by molar-refractivity contribution is 0.0685. The van der Waals surface area contributed by atoms with E-state index in [1.807, 2.05) is 0 Å². The number of hydrogen-bond donors (Lipinski definition) is 3. The highest BCUT2D eigenvalue weighted by Gasteiger charge is 2.22. The third-order valence-electron chi connectivity index (χ3n) is 3.02. The Morgan fingerprint density at radius 3 is 3.00 bits per heavy atom. The molecule has 1 heterocycles. The summed E-state index contributed by atoms with van der Waals surface area (Å²) in [4.78, 5) is 10.6. The first-order valence-electron chi connectivity index (χ1n) is 5.73. The fraction of sp³-hybridized carbons (Fsp3) is 0.636. The van der Waals surface area contributed by atoms with Crippen LogP contribution in [0.1, 0.15) is 35.5 Å². The summed E-state index contributed by atoms with van der Waals surface area (Å²) in [6, 6.07) is 1.42. The Hall–Kier alpha value is -1.40. The van der Waals surface area contributed by atoms with Gasteiger partial charge >= 0.3 is 5.97 Å². The summed E-state index contributed by atoms with van der Waals surface area (Å²) < 4.78 is 4.87. The number of carboxylic acid groups (broad SMARTS) is 1. The van der Waals surface area contributed by atoms with Gasteiger partial charge in [0.15, 0.2) is 11.5 Å². The highest BCUT2D eigenvalue weighted by molar-refractivity contribution is 5.85. The molecular weight excluding hydrogens is 224 g/mol. The molecule has 1 saturated carbocycles. The molecule has 0 bridgehead atoms. The van der Waals surface area contributed by atoms with Crippen LogP contribution < -0.4 is 5.32 Å². The van der Waals surface area contributed by atoms with E-state index < -0.39 is 5.97 Å². The minimum absolute atomic E-state index is 0.0712. The van der Waals surface area contributed by atoms with E-state index >= 15 is 0 Å². The highest BCUT2D eigenvalue weighted by Crippen LogP contribution is 2.24. The highest BCUT2D eigenvalue weighted by atomic mass is 16.5. The first kappa shape index (κ1) is 12.1. The van der Waals surface area contributed by atoms with Crippen LogP contribution in [0.5, 0.6) is 0 Å². The van der Waals surface area contributed by atoms with Gasteiger partial charge in [0.25, 0.3) is 0 Å². The summed E-state index contributed by atoms with van der Waals surface area (Å²) in [5.41, 5.74) is -0.0712. The van der Waals surface area contributed by atoms with Crippen LogP contribution >= 0.6 is 0 Å². The Bertz CT molecular complexity index is 391. The smallest absolute Gasteiger partial charge is 0.358 e. The van der Waals surface area contributed by atoms with Crippen molar-refractivity contribution in [3.63, 3.8) is 0 Å². The first-order chi connectivity index (χ1) is 8.15. The lowest BCUT2D eigenvalue weighted by atomic mass is 10.1. The van der Waals surface area contributed by atoms with Crippen molar-refractivity contribution in [1.29, 1.82) is 0 Å². The summed E-state index contributed by atoms with van der Waals surface area (Å²) in [7, 11) is 0. The van der Waals surface area contributed by atoms with Gasteiger partial charge in [-0.25, -0.2) is 4.79 Å². The number of aliphatic hydroxyl groups excluding tert-OH is 1. The van der Waals surface area contributed by atoms with Gasteiger partial charge in [-0.1, -0.05) is 5.16 Å². The number of aromatic carboxylic acids is 1. The van der Waals surface area contributed by atoms with Gasteiger partial charge in [-0.3, -0.25) is 0 Å². The van der Waals surface area contributed by atoms with Crippen LogP contribution in [0.25, 0.3) is 0 Å². The van der Waals surface area contributed by atoms with Crippen molar-refractivity contribution in [3.8, 4) is 0 Å². The molecule has 6 heteroatoms. The van der Waals surface area contributed by atoms with Crippen molar-refractivity contribution in [2.75, 3.05) is 6.54 Å². The molecule has 2 atom stereocenters. The molecule has 0 amide bonds. The standard InChI is InChI=1S/C11H16N2O4/c14-8-2-1-7(3-8)5-12-6-9-4-10(11(15)16)13-17-9/h4,7-8,12,14H,1-3,5-6H2,(H,15,16). The van der Waals surface area contributed by atoms with Gasteiger partial charge in [-0.2, -0.15) is 0 Å². The molecule has 6 nitrogen and oxygen atoms in total. The quantitative estimate of drug-likeness (QED) is 0.698. The molecule has 2 rings (SSSR count). The van der Waals surface area contributed by atoms with Crippen molar-refractivity contribution >= 4 is 5.97 Å². The molecule has 1 aromatic rings. The zero-order valence-corrected chi connectivity index (χ0v) is 9.43. The Morgan fingerprint density at radius 1 is 1.59 bits per heavy atom. The molecule has 0 aromatic carbocycles. The van der Waals surface area contributed by atoms with Crippen LogP contribution in [0.15, 0.2) is 10.6 Å². The maximum atomic E-state index is 10.6. The first-order valence-corrected chi connectivity index (χ1v) is 5.73. The third kappa shape index (κ3) is 3.28. The summed E-state index contributed by atoms with van der Waals surface area (Å²) in [5, 5.41) is 24.6. The Balaban J connectivity index is 1.72. The molecule has 3 N–H and O–H groups in total. The average Bonchev–Trinajstić information content (AvgIpc) is 2.88. The summed E-state index contributed by atoms with van der Waals surface area (Å²) in [5.74, 6) is -0.0771. The van der Waals surface area contributed by atoms with E-state index in [4.69, 9.17) is 9.63 Å². The maximum Gasteiger partial charge on any atom is 0.358 e. The number of nitrogens with zero attached hydrogens (tertiary/aromatic N) is 1. The van der Waals surface area contributed by atoms with Crippen LogP contribution in [0.4, 0.5) is 0 Å². The molecule has 17 heavy (non-hydrogen) atoms. The largest absolute Gasteiger partial charge is 0.476 e. The maximum absolute atomic E-state index is 10.6. The van der Waals surface area contributed by atoms with Gasteiger partial charge in [0.1, 0.15) is 0 Å². The summed E-state index contributed by atoms with van der Waals surface area (Å²) >= 11 is 0. The molecule has 1 aliphatic carbocycles. The predicted octanol–water partition coefficient (Wildman–Crippen LogP) is 0.623. The van der Waals surface area contributed by atoms with Crippen molar-refractivity contribution < 1.29 is 19.5 Å². The topological polar surface area (TPSA) is 95.6 Å². The Morgan fingerprint density at radius 2 is 2.41 bits per heavy atom. The van der Waals surface area contributed by atoms with Crippen LogP contribution in [0.2, 0.25) is 0 Å². The number of nitrogens with one attached hydrogen (secondary N) is 1. The van der Waals surface area contributed by atoms with Crippen molar-refractivity contribution in [1.82, 2.24) is 10.5 Å². The molecule has 0 saturated heterocycles. The number of aromatic nitrogens is 1. The monoisotopic (exact) mass is 240 g/mol. The number of aliphatic hydroxyl groups is 1. The minimum Gasteiger partial charge on any atom is -0.476 e. The van der Waals surface area contributed by atoms with E-state index in [-0.39, 0.29) is 11.8 Å². The van der Waals surface area contributed by atoms with E-state index in [2.05, 4.69) is 10.5 Å². The molecule has 0 aliphatic heterocycles.